The Morgan fingerprint density at radius 1 is 1.32 bits per heavy atom. The second-order valence-corrected chi connectivity index (χ2v) is 3.72. The van der Waals surface area contributed by atoms with Gasteiger partial charge >= 0.3 is 5.97 Å². The Labute approximate surface area is 113 Å². The Bertz CT molecular complexity index is 451. The van der Waals surface area contributed by atoms with E-state index < -0.39 is 5.97 Å². The second-order valence-electron chi connectivity index (χ2n) is 3.72. The molecule has 0 aliphatic rings. The van der Waals surface area contributed by atoms with Crippen LogP contribution in [0, 0.1) is 0 Å². The first-order valence-corrected chi connectivity index (χ1v) is 5.87. The first kappa shape index (κ1) is 15.0. The van der Waals surface area contributed by atoms with Crippen LogP contribution in [0.25, 0.3) is 0 Å². The van der Waals surface area contributed by atoms with Crippen LogP contribution in [-0.2, 0) is 15.9 Å². The van der Waals surface area contributed by atoms with Crippen LogP contribution in [0.1, 0.15) is 15.9 Å². The highest BCUT2D eigenvalue weighted by atomic mass is 16.7. The summed E-state index contributed by atoms with van der Waals surface area (Å²) in [6.07, 6.45) is 3.80. The maximum absolute atomic E-state index is 12.1. The molecule has 4 heteroatoms. The van der Waals surface area contributed by atoms with Gasteiger partial charge < -0.3 is 14.2 Å². The number of hydrogen-bond donors (Lipinski definition) is 0. The minimum atomic E-state index is -0.441. The molecule has 0 N–H and O–H groups in total. The normalized spacial score (nSPS) is 9.74. The number of hydrogen-bond acceptors (Lipinski definition) is 4. The third-order valence-corrected chi connectivity index (χ3v) is 2.35. The molecule has 102 valence electrons. The molecule has 1 aromatic carbocycles. The van der Waals surface area contributed by atoms with Crippen LogP contribution in [0.15, 0.2) is 43.5 Å². The summed E-state index contributed by atoms with van der Waals surface area (Å²) in [5.41, 5.74) is 1.21. The van der Waals surface area contributed by atoms with E-state index in [1.807, 2.05) is 12.1 Å². The Balaban J connectivity index is 3.08. The zero-order valence-electron chi connectivity index (χ0n) is 11.1. The van der Waals surface area contributed by atoms with Crippen molar-refractivity contribution in [2.45, 2.75) is 6.42 Å². The molecule has 0 atom stereocenters. The van der Waals surface area contributed by atoms with Crippen molar-refractivity contribution in [1.29, 1.82) is 0 Å². The van der Waals surface area contributed by atoms with Gasteiger partial charge in [0.25, 0.3) is 0 Å². The molecule has 1 rings (SSSR count). The maximum Gasteiger partial charge on any atom is 0.342 e. The molecule has 0 saturated heterocycles. The highest BCUT2D eigenvalue weighted by Crippen LogP contribution is 2.24. The van der Waals surface area contributed by atoms with Crippen molar-refractivity contribution in [2.24, 2.45) is 0 Å². The van der Waals surface area contributed by atoms with Gasteiger partial charge in [-0.15, -0.1) is 6.58 Å². The van der Waals surface area contributed by atoms with Crippen LogP contribution in [-0.4, -0.2) is 26.5 Å². The average Bonchev–Trinajstić information content (AvgIpc) is 2.43. The molecule has 0 saturated carbocycles. The third kappa shape index (κ3) is 4.26. The number of ether oxygens (including phenoxy) is 3. The van der Waals surface area contributed by atoms with Crippen LogP contribution in [0.4, 0.5) is 0 Å². The van der Waals surface area contributed by atoms with Gasteiger partial charge in [-0.3, -0.25) is 0 Å². The molecule has 0 aliphatic heterocycles. The van der Waals surface area contributed by atoms with E-state index in [-0.39, 0.29) is 13.4 Å². The molecule has 4 nitrogen and oxygen atoms in total. The van der Waals surface area contributed by atoms with Crippen molar-refractivity contribution >= 4 is 5.97 Å². The fourth-order valence-corrected chi connectivity index (χ4v) is 1.58. The Hall–Kier alpha value is -2.07. The molecule has 0 spiro atoms. The molecule has 0 aliphatic carbocycles. The molecule has 0 fully saturated rings. The van der Waals surface area contributed by atoms with E-state index >= 15 is 0 Å². The van der Waals surface area contributed by atoms with Crippen molar-refractivity contribution < 1.29 is 19.0 Å². The van der Waals surface area contributed by atoms with Crippen molar-refractivity contribution in [1.82, 2.24) is 0 Å². The van der Waals surface area contributed by atoms with Crippen LogP contribution in [0.5, 0.6) is 5.75 Å². The van der Waals surface area contributed by atoms with Gasteiger partial charge in [-0.2, -0.15) is 0 Å². The molecule has 19 heavy (non-hydrogen) atoms. The van der Waals surface area contributed by atoms with E-state index in [0.29, 0.717) is 17.7 Å². The third-order valence-electron chi connectivity index (χ3n) is 2.35. The summed E-state index contributed by atoms with van der Waals surface area (Å²) >= 11 is 0. The Morgan fingerprint density at radius 2 is 2.11 bits per heavy atom. The van der Waals surface area contributed by atoms with E-state index in [0.717, 1.165) is 5.56 Å². The van der Waals surface area contributed by atoms with E-state index in [1.165, 1.54) is 13.2 Å². The highest BCUT2D eigenvalue weighted by molar-refractivity contribution is 5.94. The molecule has 0 amide bonds. The van der Waals surface area contributed by atoms with Gasteiger partial charge in [0.15, 0.2) is 6.79 Å². The van der Waals surface area contributed by atoms with E-state index in [9.17, 15) is 4.79 Å². The lowest BCUT2D eigenvalue weighted by molar-refractivity contribution is 0.0447. The first-order valence-electron chi connectivity index (χ1n) is 5.87. The summed E-state index contributed by atoms with van der Waals surface area (Å²) in [6, 6.07) is 5.36. The number of methoxy groups -OCH3 is 1. The van der Waals surface area contributed by atoms with E-state index in [1.54, 1.807) is 12.1 Å². The maximum atomic E-state index is 12.1. The molecular formula is C15H18O4. The largest absolute Gasteiger partial charge is 0.467 e. The Kier molecular flexibility index (Phi) is 6.39. The minimum absolute atomic E-state index is 0.0687. The molecule has 0 unspecified atom stereocenters. The van der Waals surface area contributed by atoms with Crippen molar-refractivity contribution in [3.8, 4) is 5.75 Å². The topological polar surface area (TPSA) is 44.8 Å². The smallest absolute Gasteiger partial charge is 0.342 e. The summed E-state index contributed by atoms with van der Waals surface area (Å²) in [4.78, 5) is 12.1. The zero-order valence-corrected chi connectivity index (χ0v) is 11.1. The molecular weight excluding hydrogens is 244 g/mol. The quantitative estimate of drug-likeness (QED) is 0.410. The van der Waals surface area contributed by atoms with Crippen molar-refractivity contribution in [3.63, 3.8) is 0 Å². The fourth-order valence-electron chi connectivity index (χ4n) is 1.58. The number of esters is 1. The summed E-state index contributed by atoms with van der Waals surface area (Å²) < 4.78 is 15.3. The number of benzene rings is 1. The van der Waals surface area contributed by atoms with Gasteiger partial charge in [0.05, 0.1) is 0 Å². The predicted molar refractivity (Wildman–Crippen MR) is 73.3 cm³/mol. The predicted octanol–water partition coefficient (Wildman–Crippen LogP) is 2.74. The van der Waals surface area contributed by atoms with Gasteiger partial charge in [0.1, 0.15) is 17.9 Å². The molecule has 0 bridgehead atoms. The number of allylic oxidation sites excluding steroid dienone is 1. The van der Waals surface area contributed by atoms with Crippen LogP contribution < -0.4 is 4.74 Å². The number of carbonyl (C=O) groups excluding carboxylic acids is 1. The van der Waals surface area contributed by atoms with Crippen LogP contribution in [0.2, 0.25) is 0 Å². The zero-order chi connectivity index (χ0) is 14.1. The molecule has 0 radical (unpaired) electrons. The molecule has 0 aromatic heterocycles. The number of rotatable bonds is 8. The van der Waals surface area contributed by atoms with Crippen LogP contribution >= 0.6 is 0 Å². The lowest BCUT2D eigenvalue weighted by Crippen LogP contribution is -2.12. The molecule has 0 heterocycles. The summed E-state index contributed by atoms with van der Waals surface area (Å²) in [5, 5.41) is 0. The lowest BCUT2D eigenvalue weighted by atomic mass is 10.0. The summed E-state index contributed by atoms with van der Waals surface area (Å²) in [7, 11) is 1.52. The summed E-state index contributed by atoms with van der Waals surface area (Å²) in [5.74, 6) is -0.00119. The van der Waals surface area contributed by atoms with Gasteiger partial charge in [-0.1, -0.05) is 30.9 Å². The standard InChI is InChI=1S/C15H18O4/c1-4-7-12-8-6-9-13(19-11-17-3)14(12)15(16)18-10-5-2/h4-6,8-9H,1-2,7,10-11H2,3H3. The lowest BCUT2D eigenvalue weighted by Gasteiger charge is -2.13. The monoisotopic (exact) mass is 262 g/mol. The Morgan fingerprint density at radius 3 is 2.74 bits per heavy atom. The number of carbonyl (C=O) groups is 1. The van der Waals surface area contributed by atoms with Crippen molar-refractivity contribution in [3.05, 3.63) is 54.6 Å². The van der Waals surface area contributed by atoms with Gasteiger partial charge in [-0.05, 0) is 18.1 Å². The fraction of sp³-hybridized carbons (Fsp3) is 0.267. The van der Waals surface area contributed by atoms with Gasteiger partial charge in [-0.25, -0.2) is 4.79 Å². The van der Waals surface area contributed by atoms with Crippen LogP contribution in [0.3, 0.4) is 0 Å². The van der Waals surface area contributed by atoms with E-state index in [2.05, 4.69) is 13.2 Å². The SMILES string of the molecule is C=CCOC(=O)c1c(CC=C)cccc1OCOC. The van der Waals surface area contributed by atoms with E-state index in [4.69, 9.17) is 14.2 Å². The highest BCUT2D eigenvalue weighted by Gasteiger charge is 2.18. The van der Waals surface area contributed by atoms with Gasteiger partial charge in [0.2, 0.25) is 0 Å². The molecule has 1 aromatic rings. The second kappa shape index (κ2) is 8.11. The summed E-state index contributed by atoms with van der Waals surface area (Å²) in [6.45, 7) is 7.42. The van der Waals surface area contributed by atoms with Crippen molar-refractivity contribution in [2.75, 3.05) is 20.5 Å². The van der Waals surface area contributed by atoms with Gasteiger partial charge in [0, 0.05) is 7.11 Å². The minimum Gasteiger partial charge on any atom is -0.467 e. The first-order chi connectivity index (χ1) is 9.24. The average molecular weight is 262 g/mol.